The summed E-state index contributed by atoms with van der Waals surface area (Å²) in [5, 5.41) is 3.38. The standard InChI is InChI=1S/C17H27N3O/c1-2-14-3-5-16(6-4-14)21-17-11-15(12-19-13-17)20-9-7-18-8-10-20/h11-14,16,18H,2-10H2,1H3. The van der Waals surface area contributed by atoms with Gasteiger partial charge in [0.05, 0.1) is 24.2 Å². The third-order valence-electron chi connectivity index (χ3n) is 4.85. The minimum atomic E-state index is 0.382. The number of nitrogens with zero attached hydrogens (tertiary/aromatic N) is 2. The highest BCUT2D eigenvalue weighted by Gasteiger charge is 2.21. The van der Waals surface area contributed by atoms with Crippen LogP contribution in [-0.2, 0) is 0 Å². The maximum atomic E-state index is 6.17. The zero-order chi connectivity index (χ0) is 14.5. The second-order valence-electron chi connectivity index (χ2n) is 6.28. The molecular formula is C17H27N3O. The van der Waals surface area contributed by atoms with Crippen LogP contribution in [0.15, 0.2) is 18.5 Å². The number of hydrogen-bond acceptors (Lipinski definition) is 4. The SMILES string of the molecule is CCC1CCC(Oc2cncc(N3CCNCC3)c2)CC1. The number of pyridine rings is 1. The third-order valence-corrected chi connectivity index (χ3v) is 4.85. The molecule has 0 aromatic carbocycles. The first-order valence-electron chi connectivity index (χ1n) is 8.42. The average Bonchev–Trinajstić information content (AvgIpc) is 2.57. The monoisotopic (exact) mass is 289 g/mol. The molecule has 3 rings (SSSR count). The minimum absolute atomic E-state index is 0.382. The van der Waals surface area contributed by atoms with Crippen molar-refractivity contribution >= 4 is 5.69 Å². The van der Waals surface area contributed by atoms with Gasteiger partial charge in [0.15, 0.2) is 0 Å². The number of ether oxygens (including phenoxy) is 1. The van der Waals surface area contributed by atoms with Gasteiger partial charge in [-0.25, -0.2) is 0 Å². The molecule has 1 saturated heterocycles. The molecule has 0 amide bonds. The lowest BCUT2D eigenvalue weighted by molar-refractivity contribution is 0.129. The molecule has 1 saturated carbocycles. The molecule has 4 nitrogen and oxygen atoms in total. The van der Waals surface area contributed by atoms with E-state index >= 15 is 0 Å². The Morgan fingerprint density at radius 2 is 1.95 bits per heavy atom. The number of hydrogen-bond donors (Lipinski definition) is 1. The zero-order valence-corrected chi connectivity index (χ0v) is 13.1. The Morgan fingerprint density at radius 3 is 2.67 bits per heavy atom. The Kier molecular flexibility index (Phi) is 4.96. The number of piperazine rings is 1. The van der Waals surface area contributed by atoms with Gasteiger partial charge in [-0.3, -0.25) is 4.98 Å². The van der Waals surface area contributed by atoms with E-state index in [1.807, 2.05) is 12.4 Å². The van der Waals surface area contributed by atoms with Crippen molar-refractivity contribution in [2.24, 2.45) is 5.92 Å². The van der Waals surface area contributed by atoms with E-state index in [1.54, 1.807) is 0 Å². The lowest BCUT2D eigenvalue weighted by Crippen LogP contribution is -2.43. The highest BCUT2D eigenvalue weighted by Crippen LogP contribution is 2.30. The Hall–Kier alpha value is -1.29. The summed E-state index contributed by atoms with van der Waals surface area (Å²) in [5.41, 5.74) is 1.19. The van der Waals surface area contributed by atoms with Gasteiger partial charge in [0.2, 0.25) is 0 Å². The highest BCUT2D eigenvalue weighted by molar-refractivity contribution is 5.48. The summed E-state index contributed by atoms with van der Waals surface area (Å²) < 4.78 is 6.17. The van der Waals surface area contributed by atoms with E-state index in [9.17, 15) is 0 Å². The second-order valence-corrected chi connectivity index (χ2v) is 6.28. The number of aromatic nitrogens is 1. The summed E-state index contributed by atoms with van der Waals surface area (Å²) in [7, 11) is 0. The van der Waals surface area contributed by atoms with Gasteiger partial charge >= 0.3 is 0 Å². The molecule has 0 spiro atoms. The van der Waals surface area contributed by atoms with Crippen molar-refractivity contribution in [3.8, 4) is 5.75 Å². The van der Waals surface area contributed by atoms with Crippen LogP contribution >= 0.6 is 0 Å². The molecule has 1 aliphatic heterocycles. The van der Waals surface area contributed by atoms with Gasteiger partial charge in [0.25, 0.3) is 0 Å². The second kappa shape index (κ2) is 7.12. The van der Waals surface area contributed by atoms with Gasteiger partial charge in [-0.05, 0) is 31.6 Å². The fraction of sp³-hybridized carbons (Fsp3) is 0.706. The van der Waals surface area contributed by atoms with Crippen LogP contribution in [0.3, 0.4) is 0 Å². The largest absolute Gasteiger partial charge is 0.489 e. The molecule has 2 heterocycles. The predicted octanol–water partition coefficient (Wildman–Crippen LogP) is 2.84. The summed E-state index contributed by atoms with van der Waals surface area (Å²) in [5.74, 6) is 1.85. The number of anilines is 1. The van der Waals surface area contributed by atoms with Crippen LogP contribution in [-0.4, -0.2) is 37.3 Å². The maximum absolute atomic E-state index is 6.17. The van der Waals surface area contributed by atoms with E-state index in [1.165, 1.54) is 37.8 Å². The van der Waals surface area contributed by atoms with E-state index in [0.29, 0.717) is 6.10 Å². The first-order chi connectivity index (χ1) is 10.3. The van der Waals surface area contributed by atoms with E-state index < -0.39 is 0 Å². The van der Waals surface area contributed by atoms with Gasteiger partial charge < -0.3 is 15.0 Å². The van der Waals surface area contributed by atoms with Crippen molar-refractivity contribution in [3.05, 3.63) is 18.5 Å². The van der Waals surface area contributed by atoms with Gasteiger partial charge in [-0.2, -0.15) is 0 Å². The Labute approximate surface area is 127 Å². The number of rotatable bonds is 4. The minimum Gasteiger partial charge on any atom is -0.489 e. The Bertz CT molecular complexity index is 437. The average molecular weight is 289 g/mol. The van der Waals surface area contributed by atoms with E-state index in [2.05, 4.69) is 28.2 Å². The molecule has 1 aromatic heterocycles. The molecule has 2 aliphatic rings. The molecule has 0 unspecified atom stereocenters. The lowest BCUT2D eigenvalue weighted by Gasteiger charge is -2.30. The molecule has 1 N–H and O–H groups in total. The molecule has 116 valence electrons. The fourth-order valence-electron chi connectivity index (χ4n) is 3.42. The molecular weight excluding hydrogens is 262 g/mol. The fourth-order valence-corrected chi connectivity index (χ4v) is 3.42. The van der Waals surface area contributed by atoms with Crippen LogP contribution < -0.4 is 15.0 Å². The van der Waals surface area contributed by atoms with Gasteiger partial charge in [-0.1, -0.05) is 13.3 Å². The van der Waals surface area contributed by atoms with Crippen LogP contribution in [0.25, 0.3) is 0 Å². The van der Waals surface area contributed by atoms with Crippen molar-refractivity contribution in [1.82, 2.24) is 10.3 Å². The van der Waals surface area contributed by atoms with E-state index in [-0.39, 0.29) is 0 Å². The Morgan fingerprint density at radius 1 is 1.19 bits per heavy atom. The number of nitrogens with one attached hydrogen (secondary N) is 1. The van der Waals surface area contributed by atoms with Crippen molar-refractivity contribution in [1.29, 1.82) is 0 Å². The third kappa shape index (κ3) is 3.88. The van der Waals surface area contributed by atoms with Crippen LogP contribution in [0.4, 0.5) is 5.69 Å². The van der Waals surface area contributed by atoms with Crippen LogP contribution in [0.5, 0.6) is 5.75 Å². The zero-order valence-electron chi connectivity index (χ0n) is 13.1. The molecule has 0 atom stereocenters. The first-order valence-corrected chi connectivity index (χ1v) is 8.42. The quantitative estimate of drug-likeness (QED) is 0.925. The molecule has 1 aliphatic carbocycles. The summed E-state index contributed by atoms with van der Waals surface area (Å²) in [6.07, 6.45) is 10.5. The molecule has 21 heavy (non-hydrogen) atoms. The summed E-state index contributed by atoms with van der Waals surface area (Å²) >= 11 is 0. The topological polar surface area (TPSA) is 37.4 Å². The summed E-state index contributed by atoms with van der Waals surface area (Å²) in [6, 6.07) is 2.16. The Balaban J connectivity index is 1.58. The highest BCUT2D eigenvalue weighted by atomic mass is 16.5. The van der Waals surface area contributed by atoms with Gasteiger partial charge in [0, 0.05) is 32.2 Å². The predicted molar refractivity (Wildman–Crippen MR) is 86.0 cm³/mol. The molecule has 2 fully saturated rings. The lowest BCUT2D eigenvalue weighted by atomic mass is 9.86. The van der Waals surface area contributed by atoms with Gasteiger partial charge in [0.1, 0.15) is 5.75 Å². The molecule has 0 radical (unpaired) electrons. The smallest absolute Gasteiger partial charge is 0.140 e. The first kappa shape index (κ1) is 14.6. The summed E-state index contributed by atoms with van der Waals surface area (Å²) in [4.78, 5) is 6.75. The van der Waals surface area contributed by atoms with Crippen LogP contribution in [0, 0.1) is 5.92 Å². The van der Waals surface area contributed by atoms with Crippen molar-refractivity contribution in [2.75, 3.05) is 31.1 Å². The van der Waals surface area contributed by atoms with Crippen molar-refractivity contribution in [2.45, 2.75) is 45.1 Å². The normalized spacial score (nSPS) is 26.6. The molecule has 1 aromatic rings. The summed E-state index contributed by atoms with van der Waals surface area (Å²) in [6.45, 7) is 6.49. The van der Waals surface area contributed by atoms with Crippen LogP contribution in [0.2, 0.25) is 0 Å². The molecule has 4 heteroatoms. The van der Waals surface area contributed by atoms with E-state index in [4.69, 9.17) is 4.74 Å². The maximum Gasteiger partial charge on any atom is 0.140 e. The van der Waals surface area contributed by atoms with Crippen molar-refractivity contribution < 1.29 is 4.74 Å². The van der Waals surface area contributed by atoms with E-state index in [0.717, 1.165) is 37.8 Å². The molecule has 0 bridgehead atoms. The van der Waals surface area contributed by atoms with Gasteiger partial charge in [-0.15, -0.1) is 0 Å². The van der Waals surface area contributed by atoms with Crippen LogP contribution in [0.1, 0.15) is 39.0 Å². The van der Waals surface area contributed by atoms with Crippen molar-refractivity contribution in [3.63, 3.8) is 0 Å².